The number of thioether (sulfide) groups is 1. The van der Waals surface area contributed by atoms with Crippen molar-refractivity contribution in [2.75, 3.05) is 25.9 Å². The van der Waals surface area contributed by atoms with Gasteiger partial charge in [-0.2, -0.15) is 0 Å². The normalized spacial score (nSPS) is 21.4. The number of amides is 1. The Morgan fingerprint density at radius 1 is 1.55 bits per heavy atom. The van der Waals surface area contributed by atoms with Crippen LogP contribution in [-0.4, -0.2) is 43.0 Å². The van der Waals surface area contributed by atoms with Crippen molar-refractivity contribution in [3.8, 4) is 0 Å². The van der Waals surface area contributed by atoms with Crippen LogP contribution < -0.4 is 10.6 Å². The molecule has 2 rings (SSSR count). The highest BCUT2D eigenvalue weighted by Gasteiger charge is 2.25. The predicted octanol–water partition coefficient (Wildman–Crippen LogP) is 1.79. The molecule has 0 aromatic heterocycles. The van der Waals surface area contributed by atoms with E-state index < -0.39 is 6.10 Å². The number of carbonyl (C=O) groups excluding carboxylic acids is 1. The quantitative estimate of drug-likeness (QED) is 0.733. The molecule has 2 unspecified atom stereocenters. The van der Waals surface area contributed by atoms with E-state index in [1.165, 1.54) is 0 Å². The molecule has 1 saturated heterocycles. The van der Waals surface area contributed by atoms with Crippen LogP contribution in [0.25, 0.3) is 0 Å². The average molecular weight is 337 g/mol. The minimum Gasteiger partial charge on any atom is -0.391 e. The van der Waals surface area contributed by atoms with Gasteiger partial charge in [0.05, 0.1) is 16.7 Å². The van der Waals surface area contributed by atoms with Crippen LogP contribution in [0.2, 0.25) is 5.02 Å². The van der Waals surface area contributed by atoms with E-state index in [1.807, 2.05) is 12.3 Å². The van der Waals surface area contributed by atoms with E-state index in [4.69, 9.17) is 11.6 Å². The van der Waals surface area contributed by atoms with Crippen molar-refractivity contribution < 1.29 is 9.90 Å². The molecule has 7 heteroatoms. The minimum absolute atomic E-state index is 0. The zero-order valence-electron chi connectivity index (χ0n) is 11.1. The van der Waals surface area contributed by atoms with Gasteiger partial charge in [-0.05, 0) is 24.5 Å². The van der Waals surface area contributed by atoms with Crippen molar-refractivity contribution >= 4 is 41.7 Å². The Labute approximate surface area is 134 Å². The van der Waals surface area contributed by atoms with Gasteiger partial charge in [0.15, 0.2) is 0 Å². The Bertz CT molecular complexity index is 474. The molecule has 0 aliphatic carbocycles. The van der Waals surface area contributed by atoms with E-state index in [0.29, 0.717) is 23.7 Å². The largest absolute Gasteiger partial charge is 0.391 e. The van der Waals surface area contributed by atoms with Gasteiger partial charge in [0.25, 0.3) is 5.91 Å². The number of β-amino-alcohol motifs (C(OH)–C–C–N with tert-alkyl or cyclic N) is 1. The highest BCUT2D eigenvalue weighted by Crippen LogP contribution is 2.23. The standard InChI is InChI=1S/C13H17ClN2O2S.ClH/c1-19-9-2-3-11(14)10(4-9)13(18)16-6-8-5-15-7-12(8)17;/h2-4,8,12,15,17H,5-7H2,1H3,(H,16,18);1H. The van der Waals surface area contributed by atoms with Gasteiger partial charge >= 0.3 is 0 Å². The van der Waals surface area contributed by atoms with Gasteiger partial charge in [0, 0.05) is 30.4 Å². The van der Waals surface area contributed by atoms with Gasteiger partial charge in [-0.1, -0.05) is 11.6 Å². The number of aliphatic hydroxyl groups is 1. The zero-order valence-corrected chi connectivity index (χ0v) is 13.4. The van der Waals surface area contributed by atoms with Crippen LogP contribution in [0.1, 0.15) is 10.4 Å². The molecule has 0 bridgehead atoms. The predicted molar refractivity (Wildman–Crippen MR) is 85.2 cm³/mol. The fraction of sp³-hybridized carbons (Fsp3) is 0.462. The fourth-order valence-electron chi connectivity index (χ4n) is 2.05. The third kappa shape index (κ3) is 4.27. The number of hydrogen-bond acceptors (Lipinski definition) is 4. The number of rotatable bonds is 4. The Morgan fingerprint density at radius 3 is 2.90 bits per heavy atom. The van der Waals surface area contributed by atoms with E-state index in [0.717, 1.165) is 11.4 Å². The van der Waals surface area contributed by atoms with Crippen LogP contribution in [0, 0.1) is 5.92 Å². The second kappa shape index (κ2) is 8.10. The Morgan fingerprint density at radius 2 is 2.30 bits per heavy atom. The Balaban J connectivity index is 0.00000200. The summed E-state index contributed by atoms with van der Waals surface area (Å²) in [4.78, 5) is 13.1. The SMILES string of the molecule is CSc1ccc(Cl)c(C(=O)NCC2CNCC2O)c1.Cl. The topological polar surface area (TPSA) is 61.4 Å². The lowest BCUT2D eigenvalue weighted by atomic mass is 10.1. The molecule has 1 fully saturated rings. The second-order valence-electron chi connectivity index (χ2n) is 4.54. The second-order valence-corrected chi connectivity index (χ2v) is 5.83. The summed E-state index contributed by atoms with van der Waals surface area (Å²) in [6.45, 7) is 1.76. The molecule has 0 radical (unpaired) electrons. The zero-order chi connectivity index (χ0) is 13.8. The third-order valence-corrected chi connectivity index (χ3v) is 4.30. The maximum absolute atomic E-state index is 12.1. The fourth-order valence-corrected chi connectivity index (χ4v) is 2.70. The monoisotopic (exact) mass is 336 g/mol. The van der Waals surface area contributed by atoms with Gasteiger partial charge in [0.2, 0.25) is 0 Å². The number of hydrogen-bond donors (Lipinski definition) is 3. The van der Waals surface area contributed by atoms with Crippen LogP contribution in [0.3, 0.4) is 0 Å². The Hall–Kier alpha value is -0.460. The number of aliphatic hydroxyl groups excluding tert-OH is 1. The molecule has 1 aliphatic heterocycles. The summed E-state index contributed by atoms with van der Waals surface area (Å²) in [7, 11) is 0. The Kier molecular flexibility index (Phi) is 7.12. The smallest absolute Gasteiger partial charge is 0.252 e. The van der Waals surface area contributed by atoms with E-state index in [1.54, 1.807) is 23.9 Å². The molecular weight excluding hydrogens is 319 g/mol. The molecule has 4 nitrogen and oxygen atoms in total. The first-order valence-corrected chi connectivity index (χ1v) is 7.72. The molecule has 0 saturated carbocycles. The van der Waals surface area contributed by atoms with Crippen molar-refractivity contribution in [2.45, 2.75) is 11.0 Å². The van der Waals surface area contributed by atoms with Crippen molar-refractivity contribution in [1.29, 1.82) is 0 Å². The van der Waals surface area contributed by atoms with Gasteiger partial charge in [0.1, 0.15) is 0 Å². The molecule has 112 valence electrons. The third-order valence-electron chi connectivity index (χ3n) is 3.25. The van der Waals surface area contributed by atoms with Crippen molar-refractivity contribution in [3.05, 3.63) is 28.8 Å². The lowest BCUT2D eigenvalue weighted by Crippen LogP contribution is -2.34. The highest BCUT2D eigenvalue weighted by molar-refractivity contribution is 7.98. The summed E-state index contributed by atoms with van der Waals surface area (Å²) in [5.74, 6) is -0.133. The lowest BCUT2D eigenvalue weighted by Gasteiger charge is -2.14. The maximum Gasteiger partial charge on any atom is 0.252 e. The van der Waals surface area contributed by atoms with Crippen LogP contribution >= 0.6 is 35.8 Å². The molecule has 20 heavy (non-hydrogen) atoms. The summed E-state index contributed by atoms with van der Waals surface area (Å²) in [5.41, 5.74) is 0.481. The number of benzene rings is 1. The first-order valence-electron chi connectivity index (χ1n) is 6.12. The summed E-state index contributed by atoms with van der Waals surface area (Å²) < 4.78 is 0. The van der Waals surface area contributed by atoms with Crippen molar-refractivity contribution in [1.82, 2.24) is 10.6 Å². The summed E-state index contributed by atoms with van der Waals surface area (Å²) in [6.07, 6.45) is 1.55. The summed E-state index contributed by atoms with van der Waals surface area (Å²) >= 11 is 7.60. The molecule has 3 N–H and O–H groups in total. The van der Waals surface area contributed by atoms with Crippen LogP contribution in [0.15, 0.2) is 23.1 Å². The molecule has 1 amide bonds. The van der Waals surface area contributed by atoms with Crippen LogP contribution in [0.5, 0.6) is 0 Å². The number of halogens is 2. The van der Waals surface area contributed by atoms with Gasteiger partial charge in [-0.3, -0.25) is 4.79 Å². The number of carbonyl (C=O) groups is 1. The van der Waals surface area contributed by atoms with Gasteiger partial charge in [-0.25, -0.2) is 0 Å². The molecule has 2 atom stereocenters. The van der Waals surface area contributed by atoms with Crippen LogP contribution in [0.4, 0.5) is 0 Å². The minimum atomic E-state index is -0.395. The van der Waals surface area contributed by atoms with E-state index >= 15 is 0 Å². The molecular formula is C13H18Cl2N2O2S. The highest BCUT2D eigenvalue weighted by atomic mass is 35.5. The summed E-state index contributed by atoms with van der Waals surface area (Å²) in [5, 5.41) is 16.0. The van der Waals surface area contributed by atoms with Crippen molar-refractivity contribution in [2.24, 2.45) is 5.92 Å². The first kappa shape index (κ1) is 17.6. The van der Waals surface area contributed by atoms with Gasteiger partial charge < -0.3 is 15.7 Å². The van der Waals surface area contributed by atoms with E-state index in [2.05, 4.69) is 10.6 Å². The molecule has 1 heterocycles. The molecule has 1 aromatic carbocycles. The number of nitrogens with one attached hydrogen (secondary N) is 2. The average Bonchev–Trinajstić information content (AvgIpc) is 2.82. The molecule has 1 aliphatic rings. The lowest BCUT2D eigenvalue weighted by molar-refractivity contribution is 0.0927. The van der Waals surface area contributed by atoms with E-state index in [-0.39, 0.29) is 24.2 Å². The first-order chi connectivity index (χ1) is 9.11. The molecule has 1 aromatic rings. The summed E-state index contributed by atoms with van der Waals surface area (Å²) in [6, 6.07) is 5.40. The maximum atomic E-state index is 12.1. The van der Waals surface area contributed by atoms with E-state index in [9.17, 15) is 9.90 Å². The van der Waals surface area contributed by atoms with Gasteiger partial charge in [-0.15, -0.1) is 24.2 Å². The van der Waals surface area contributed by atoms with Crippen LogP contribution in [-0.2, 0) is 0 Å². The van der Waals surface area contributed by atoms with Crippen molar-refractivity contribution in [3.63, 3.8) is 0 Å². The molecule has 0 spiro atoms.